The van der Waals surface area contributed by atoms with Gasteiger partial charge in [-0.3, -0.25) is 14.6 Å². The van der Waals surface area contributed by atoms with Gasteiger partial charge >= 0.3 is 7.52 Å². The molecule has 1 aliphatic rings. The number of rotatable bonds is 6. The van der Waals surface area contributed by atoms with Crippen LogP contribution in [-0.2, 0) is 13.9 Å². The monoisotopic (exact) mass is 356 g/mol. The molecule has 8 heteroatoms. The van der Waals surface area contributed by atoms with Crippen molar-refractivity contribution in [2.45, 2.75) is 32.7 Å². The average molecular weight is 356 g/mol. The van der Waals surface area contributed by atoms with Gasteiger partial charge in [0.1, 0.15) is 5.75 Å². The Hall–Kier alpha value is -1.40. The van der Waals surface area contributed by atoms with E-state index in [1.807, 2.05) is 13.8 Å². The van der Waals surface area contributed by atoms with E-state index in [0.717, 1.165) is 0 Å². The Bertz CT molecular complexity index is 605. The van der Waals surface area contributed by atoms with Gasteiger partial charge in [0.2, 0.25) is 0 Å². The zero-order valence-electron chi connectivity index (χ0n) is 14.3. The number of nitrogens with one attached hydrogen (secondary N) is 1. The van der Waals surface area contributed by atoms with Crippen molar-refractivity contribution in [1.82, 2.24) is 10.2 Å². The second kappa shape index (κ2) is 8.12. The fraction of sp³-hybridized carbons (Fsp3) is 0.562. The zero-order chi connectivity index (χ0) is 17.7. The van der Waals surface area contributed by atoms with Gasteiger partial charge in [-0.15, -0.1) is 0 Å². The van der Waals surface area contributed by atoms with E-state index in [1.165, 1.54) is 0 Å². The quantitative estimate of drug-likeness (QED) is 0.461. The second-order valence-corrected chi connectivity index (χ2v) is 8.52. The molecule has 134 valence electrons. The highest BCUT2D eigenvalue weighted by atomic mass is 31.2. The van der Waals surface area contributed by atoms with Crippen LogP contribution in [0.25, 0.3) is 0 Å². The van der Waals surface area contributed by atoms with Gasteiger partial charge in [0.15, 0.2) is 0 Å². The first-order valence-corrected chi connectivity index (χ1v) is 9.60. The highest BCUT2D eigenvalue weighted by Gasteiger charge is 2.43. The van der Waals surface area contributed by atoms with Crippen molar-refractivity contribution in [2.75, 3.05) is 20.3 Å². The van der Waals surface area contributed by atoms with Gasteiger partial charge in [0.25, 0.3) is 5.91 Å². The third-order valence-electron chi connectivity index (χ3n) is 4.00. The summed E-state index contributed by atoms with van der Waals surface area (Å²) >= 11 is 0. The van der Waals surface area contributed by atoms with E-state index in [0.29, 0.717) is 37.0 Å². The van der Waals surface area contributed by atoms with Gasteiger partial charge in [0.05, 0.1) is 25.1 Å². The Morgan fingerprint density at radius 3 is 2.62 bits per heavy atom. The van der Waals surface area contributed by atoms with Gasteiger partial charge in [0, 0.05) is 6.54 Å². The molecule has 1 amide bonds. The van der Waals surface area contributed by atoms with Gasteiger partial charge in [-0.1, -0.05) is 13.8 Å². The fourth-order valence-electron chi connectivity index (χ4n) is 2.84. The molecule has 0 radical (unpaired) electrons. The van der Waals surface area contributed by atoms with E-state index in [2.05, 4.69) is 0 Å². The Balaban J connectivity index is 2.39. The molecular weight excluding hydrogens is 331 g/mol. The topological polar surface area (TPSA) is 88.1 Å². The minimum atomic E-state index is -3.38. The van der Waals surface area contributed by atoms with Gasteiger partial charge in [-0.25, -0.2) is 10.2 Å². The predicted octanol–water partition coefficient (Wildman–Crippen LogP) is 2.16. The molecule has 1 unspecified atom stereocenters. The third-order valence-corrected chi connectivity index (χ3v) is 6.64. The minimum absolute atomic E-state index is 0.193. The number of hydrogen-bond donors (Lipinski definition) is 2. The number of nitrogens with zero attached hydrogens (tertiary/aromatic N) is 1. The fourth-order valence-corrected chi connectivity index (χ4v) is 5.31. The Morgan fingerprint density at radius 2 is 2.08 bits per heavy atom. The van der Waals surface area contributed by atoms with Crippen LogP contribution in [0.5, 0.6) is 5.75 Å². The number of benzene rings is 1. The van der Waals surface area contributed by atoms with Crippen LogP contribution < -0.4 is 15.5 Å². The normalized spacial score (nSPS) is 23.0. The van der Waals surface area contributed by atoms with Crippen LogP contribution in [0.3, 0.4) is 0 Å². The van der Waals surface area contributed by atoms with E-state index in [1.54, 1.807) is 41.5 Å². The molecular formula is C16H25N2O5P. The van der Waals surface area contributed by atoms with Gasteiger partial charge in [-0.05, 0) is 43.0 Å². The standard InChI is InChI=1S/C16H25N2O5P/c1-12(2)11-15(16(19)17-20)18-9-4-10-23-24(18,21)14-7-5-13(22-3)6-8-14/h5-8,12,15,20H,4,9-11H2,1-3H3,(H,17,19)/t15-,24?/m1/s1. The summed E-state index contributed by atoms with van der Waals surface area (Å²) in [6, 6.07) is 6.11. The van der Waals surface area contributed by atoms with Crippen molar-refractivity contribution in [3.8, 4) is 5.75 Å². The number of hydrogen-bond acceptors (Lipinski definition) is 5. The van der Waals surface area contributed by atoms with Crippen LogP contribution in [0.2, 0.25) is 0 Å². The van der Waals surface area contributed by atoms with Crippen LogP contribution in [-0.4, -0.2) is 42.1 Å². The summed E-state index contributed by atoms with van der Waals surface area (Å²) in [5.74, 6) is 0.280. The average Bonchev–Trinajstić information content (AvgIpc) is 2.59. The van der Waals surface area contributed by atoms with Crippen molar-refractivity contribution in [3.63, 3.8) is 0 Å². The lowest BCUT2D eigenvalue weighted by atomic mass is 10.0. The van der Waals surface area contributed by atoms with Crippen molar-refractivity contribution in [1.29, 1.82) is 0 Å². The molecule has 1 saturated heterocycles. The lowest BCUT2D eigenvalue weighted by molar-refractivity contribution is -0.134. The van der Waals surface area contributed by atoms with E-state index >= 15 is 0 Å². The molecule has 0 spiro atoms. The summed E-state index contributed by atoms with van der Waals surface area (Å²) in [6.07, 6.45) is 1.14. The maximum absolute atomic E-state index is 13.6. The molecule has 2 N–H and O–H groups in total. The third kappa shape index (κ3) is 3.98. The summed E-state index contributed by atoms with van der Waals surface area (Å²) in [5.41, 5.74) is 1.70. The summed E-state index contributed by atoms with van der Waals surface area (Å²) < 4.78 is 26.0. The molecule has 24 heavy (non-hydrogen) atoms. The van der Waals surface area contributed by atoms with Crippen LogP contribution >= 0.6 is 7.52 Å². The van der Waals surface area contributed by atoms with Crippen LogP contribution in [0.4, 0.5) is 0 Å². The number of ether oxygens (including phenoxy) is 1. The Labute approximate surface area is 142 Å². The lowest BCUT2D eigenvalue weighted by Crippen LogP contribution is -2.48. The largest absolute Gasteiger partial charge is 0.497 e. The number of carbonyl (C=O) groups is 1. The molecule has 1 aliphatic heterocycles. The van der Waals surface area contributed by atoms with E-state index in [-0.39, 0.29) is 5.92 Å². The minimum Gasteiger partial charge on any atom is -0.497 e. The van der Waals surface area contributed by atoms with Gasteiger partial charge in [-0.2, -0.15) is 0 Å². The molecule has 0 aromatic heterocycles. The molecule has 7 nitrogen and oxygen atoms in total. The first-order valence-electron chi connectivity index (χ1n) is 8.02. The van der Waals surface area contributed by atoms with Crippen molar-refractivity contribution in [3.05, 3.63) is 24.3 Å². The lowest BCUT2D eigenvalue weighted by Gasteiger charge is -2.39. The summed E-state index contributed by atoms with van der Waals surface area (Å²) in [7, 11) is -1.82. The smallest absolute Gasteiger partial charge is 0.303 e. The van der Waals surface area contributed by atoms with E-state index in [4.69, 9.17) is 14.5 Å². The first kappa shape index (κ1) is 18.9. The predicted molar refractivity (Wildman–Crippen MR) is 90.7 cm³/mol. The number of methoxy groups -OCH3 is 1. The zero-order valence-corrected chi connectivity index (χ0v) is 15.2. The van der Waals surface area contributed by atoms with Gasteiger partial charge < -0.3 is 9.26 Å². The van der Waals surface area contributed by atoms with Crippen LogP contribution in [0.15, 0.2) is 24.3 Å². The first-order chi connectivity index (χ1) is 11.4. The van der Waals surface area contributed by atoms with Crippen molar-refractivity contribution in [2.24, 2.45) is 5.92 Å². The second-order valence-electron chi connectivity index (χ2n) is 6.19. The molecule has 1 heterocycles. The molecule has 1 aromatic carbocycles. The molecule has 1 fully saturated rings. The number of carbonyl (C=O) groups excluding carboxylic acids is 1. The molecule has 1 aromatic rings. The Morgan fingerprint density at radius 1 is 1.42 bits per heavy atom. The van der Waals surface area contributed by atoms with E-state index in [9.17, 15) is 9.36 Å². The van der Waals surface area contributed by atoms with Crippen molar-refractivity contribution < 1.29 is 23.8 Å². The maximum atomic E-state index is 13.6. The van der Waals surface area contributed by atoms with E-state index < -0.39 is 19.5 Å². The number of hydroxylamine groups is 1. The van der Waals surface area contributed by atoms with Crippen LogP contribution in [0.1, 0.15) is 26.7 Å². The summed E-state index contributed by atoms with van der Waals surface area (Å²) in [4.78, 5) is 12.2. The maximum Gasteiger partial charge on any atom is 0.303 e. The molecule has 0 bridgehead atoms. The summed E-state index contributed by atoms with van der Waals surface area (Å²) in [6.45, 7) is 4.78. The summed E-state index contributed by atoms with van der Waals surface area (Å²) in [5, 5.41) is 9.60. The highest BCUT2D eigenvalue weighted by molar-refractivity contribution is 7.64. The molecule has 2 atom stereocenters. The number of amides is 1. The van der Waals surface area contributed by atoms with Crippen LogP contribution in [0, 0.1) is 5.92 Å². The highest BCUT2D eigenvalue weighted by Crippen LogP contribution is 2.54. The molecule has 0 saturated carbocycles. The Kier molecular flexibility index (Phi) is 6.40. The molecule has 0 aliphatic carbocycles. The molecule has 2 rings (SSSR count). The SMILES string of the molecule is COc1ccc(P2(=O)OCCCN2[C@H](CC(C)C)C(=O)NO)cc1. The van der Waals surface area contributed by atoms with Crippen molar-refractivity contribution >= 4 is 18.7 Å².